The predicted octanol–water partition coefficient (Wildman–Crippen LogP) is 4.38. The molecular weight excluding hydrogens is 326 g/mol. The highest BCUT2D eigenvalue weighted by atomic mass is 16.5. The van der Waals surface area contributed by atoms with Gasteiger partial charge < -0.3 is 9.64 Å². The molecule has 0 aromatic heterocycles. The number of allylic oxidation sites excluding steroid dienone is 1. The number of hydrogen-bond donors (Lipinski definition) is 0. The van der Waals surface area contributed by atoms with E-state index in [0.29, 0.717) is 11.1 Å². The summed E-state index contributed by atoms with van der Waals surface area (Å²) in [6.45, 7) is 5.93. The van der Waals surface area contributed by atoms with E-state index in [1.807, 2.05) is 39.0 Å². The standard InChI is InChI=1S/C22H25NO3/c1-15(2)26-21-13-6-16(3)14-19(21)11-12-20(24)17-7-9-18(10-8-17)22(25)23(4)5/h6-15H,1-5H3. The summed E-state index contributed by atoms with van der Waals surface area (Å²) in [6.07, 6.45) is 3.36. The minimum absolute atomic E-state index is 0.0577. The topological polar surface area (TPSA) is 46.6 Å². The largest absolute Gasteiger partial charge is 0.490 e. The zero-order chi connectivity index (χ0) is 19.3. The molecule has 0 aliphatic rings. The highest BCUT2D eigenvalue weighted by Crippen LogP contribution is 2.23. The van der Waals surface area contributed by atoms with E-state index in [9.17, 15) is 9.59 Å². The molecule has 0 N–H and O–H groups in total. The van der Waals surface area contributed by atoms with E-state index in [4.69, 9.17) is 4.74 Å². The first-order valence-electron chi connectivity index (χ1n) is 8.59. The van der Waals surface area contributed by atoms with E-state index >= 15 is 0 Å². The number of rotatable bonds is 6. The van der Waals surface area contributed by atoms with Crippen LogP contribution >= 0.6 is 0 Å². The third kappa shape index (κ3) is 5.06. The molecule has 0 aliphatic heterocycles. The summed E-state index contributed by atoms with van der Waals surface area (Å²) in [5.74, 6) is 0.544. The van der Waals surface area contributed by atoms with Crippen LogP contribution in [0.25, 0.3) is 6.08 Å². The highest BCUT2D eigenvalue weighted by molar-refractivity contribution is 6.07. The van der Waals surface area contributed by atoms with Crippen LogP contribution in [-0.2, 0) is 0 Å². The van der Waals surface area contributed by atoms with Gasteiger partial charge >= 0.3 is 0 Å². The normalized spacial score (nSPS) is 11.0. The zero-order valence-corrected chi connectivity index (χ0v) is 15.9. The van der Waals surface area contributed by atoms with Crippen molar-refractivity contribution in [3.63, 3.8) is 0 Å². The van der Waals surface area contributed by atoms with Crippen molar-refractivity contribution in [2.75, 3.05) is 14.1 Å². The van der Waals surface area contributed by atoms with Crippen LogP contribution in [0.5, 0.6) is 5.75 Å². The number of ether oxygens (including phenoxy) is 1. The summed E-state index contributed by atoms with van der Waals surface area (Å²) in [5, 5.41) is 0. The first-order valence-corrected chi connectivity index (χ1v) is 8.59. The van der Waals surface area contributed by atoms with Gasteiger partial charge in [0.25, 0.3) is 5.91 Å². The molecule has 0 aliphatic carbocycles. The van der Waals surface area contributed by atoms with E-state index in [1.54, 1.807) is 44.4 Å². The van der Waals surface area contributed by atoms with Crippen LogP contribution in [0.4, 0.5) is 0 Å². The van der Waals surface area contributed by atoms with Gasteiger partial charge in [0.2, 0.25) is 0 Å². The minimum atomic E-state index is -0.120. The van der Waals surface area contributed by atoms with Crippen LogP contribution in [-0.4, -0.2) is 36.8 Å². The van der Waals surface area contributed by atoms with Crippen LogP contribution in [0.1, 0.15) is 45.7 Å². The third-order valence-electron chi connectivity index (χ3n) is 3.76. The summed E-state index contributed by atoms with van der Waals surface area (Å²) in [4.78, 5) is 25.8. The number of benzene rings is 2. The molecule has 4 nitrogen and oxygen atoms in total. The fraction of sp³-hybridized carbons (Fsp3) is 0.273. The Morgan fingerprint density at radius 1 is 1.00 bits per heavy atom. The SMILES string of the molecule is Cc1ccc(OC(C)C)c(C=CC(=O)c2ccc(C(=O)N(C)C)cc2)c1. The molecule has 1 amide bonds. The quantitative estimate of drug-likeness (QED) is 0.573. The second-order valence-corrected chi connectivity index (χ2v) is 6.68. The molecule has 0 spiro atoms. The Morgan fingerprint density at radius 3 is 2.19 bits per heavy atom. The number of amides is 1. The summed E-state index contributed by atoms with van der Waals surface area (Å²) in [5.41, 5.74) is 3.06. The molecule has 0 saturated carbocycles. The number of carbonyl (C=O) groups is 2. The number of carbonyl (C=O) groups excluding carboxylic acids is 2. The lowest BCUT2D eigenvalue weighted by molar-refractivity contribution is 0.0827. The second kappa shape index (κ2) is 8.48. The molecule has 0 saturated heterocycles. The summed E-state index contributed by atoms with van der Waals surface area (Å²) in [7, 11) is 3.39. The smallest absolute Gasteiger partial charge is 0.253 e. The van der Waals surface area contributed by atoms with Gasteiger partial charge in [0, 0.05) is 30.8 Å². The first kappa shape index (κ1) is 19.4. The van der Waals surface area contributed by atoms with Crippen LogP contribution in [0.15, 0.2) is 48.5 Å². The van der Waals surface area contributed by atoms with Crippen LogP contribution in [0.3, 0.4) is 0 Å². The molecule has 4 heteroatoms. The average Bonchev–Trinajstić information content (AvgIpc) is 2.60. The van der Waals surface area contributed by atoms with Crippen molar-refractivity contribution in [1.82, 2.24) is 4.90 Å². The lowest BCUT2D eigenvalue weighted by Crippen LogP contribution is -2.21. The van der Waals surface area contributed by atoms with Crippen molar-refractivity contribution < 1.29 is 14.3 Å². The number of hydrogen-bond acceptors (Lipinski definition) is 3. The highest BCUT2D eigenvalue weighted by Gasteiger charge is 2.09. The summed E-state index contributed by atoms with van der Waals surface area (Å²) >= 11 is 0. The molecular formula is C22H25NO3. The van der Waals surface area contributed by atoms with E-state index in [0.717, 1.165) is 16.9 Å². The fourth-order valence-electron chi connectivity index (χ4n) is 2.46. The molecule has 136 valence electrons. The monoisotopic (exact) mass is 351 g/mol. The number of nitrogens with zero attached hydrogens (tertiary/aromatic N) is 1. The van der Waals surface area contributed by atoms with E-state index in [-0.39, 0.29) is 17.8 Å². The molecule has 0 radical (unpaired) electrons. The maximum Gasteiger partial charge on any atom is 0.253 e. The van der Waals surface area contributed by atoms with Gasteiger partial charge in [0.1, 0.15) is 5.75 Å². The van der Waals surface area contributed by atoms with Gasteiger partial charge in [0.05, 0.1) is 6.10 Å². The van der Waals surface area contributed by atoms with Gasteiger partial charge in [-0.2, -0.15) is 0 Å². The van der Waals surface area contributed by atoms with Crippen molar-refractivity contribution in [3.8, 4) is 5.75 Å². The molecule has 0 unspecified atom stereocenters. The van der Waals surface area contributed by atoms with Crippen molar-refractivity contribution >= 4 is 17.8 Å². The van der Waals surface area contributed by atoms with Gasteiger partial charge in [-0.1, -0.05) is 23.8 Å². The minimum Gasteiger partial charge on any atom is -0.490 e. The molecule has 2 aromatic rings. The Labute approximate surface area is 155 Å². The molecule has 26 heavy (non-hydrogen) atoms. The predicted molar refractivity (Wildman–Crippen MR) is 105 cm³/mol. The van der Waals surface area contributed by atoms with E-state index in [1.165, 1.54) is 11.0 Å². The maximum atomic E-state index is 12.4. The Balaban J connectivity index is 2.19. The fourth-order valence-corrected chi connectivity index (χ4v) is 2.46. The van der Waals surface area contributed by atoms with Crippen molar-refractivity contribution in [2.45, 2.75) is 26.9 Å². The number of aryl methyl sites for hydroxylation is 1. The Kier molecular flexibility index (Phi) is 6.34. The number of ketones is 1. The second-order valence-electron chi connectivity index (χ2n) is 6.68. The van der Waals surface area contributed by atoms with E-state index in [2.05, 4.69) is 0 Å². The van der Waals surface area contributed by atoms with Gasteiger partial charge in [-0.25, -0.2) is 0 Å². The lowest BCUT2D eigenvalue weighted by atomic mass is 10.1. The lowest BCUT2D eigenvalue weighted by Gasteiger charge is -2.13. The zero-order valence-electron chi connectivity index (χ0n) is 15.9. The molecule has 2 aromatic carbocycles. The average molecular weight is 351 g/mol. The first-order chi connectivity index (χ1) is 12.3. The summed E-state index contributed by atoms with van der Waals surface area (Å²) < 4.78 is 5.80. The van der Waals surface area contributed by atoms with Gasteiger partial charge in [-0.15, -0.1) is 0 Å². The molecule has 0 bridgehead atoms. The van der Waals surface area contributed by atoms with Crippen molar-refractivity contribution in [2.24, 2.45) is 0 Å². The van der Waals surface area contributed by atoms with Gasteiger partial charge in [0.15, 0.2) is 5.78 Å². The van der Waals surface area contributed by atoms with E-state index < -0.39 is 0 Å². The molecule has 2 rings (SSSR count). The van der Waals surface area contributed by atoms with Crippen molar-refractivity contribution in [3.05, 3.63) is 70.8 Å². The van der Waals surface area contributed by atoms with Crippen molar-refractivity contribution in [1.29, 1.82) is 0 Å². The van der Waals surface area contributed by atoms with Crippen LogP contribution in [0.2, 0.25) is 0 Å². The molecule has 0 atom stereocenters. The van der Waals surface area contributed by atoms with Crippen LogP contribution < -0.4 is 4.74 Å². The Hall–Kier alpha value is -2.88. The molecule has 0 heterocycles. The maximum absolute atomic E-state index is 12.4. The Bertz CT molecular complexity index is 818. The van der Waals surface area contributed by atoms with Crippen LogP contribution in [0, 0.1) is 6.92 Å². The summed E-state index contributed by atoms with van der Waals surface area (Å²) in [6, 6.07) is 12.6. The van der Waals surface area contributed by atoms with Gasteiger partial charge in [-0.3, -0.25) is 9.59 Å². The van der Waals surface area contributed by atoms with Gasteiger partial charge in [-0.05, 0) is 57.2 Å². The Morgan fingerprint density at radius 2 is 1.62 bits per heavy atom. The third-order valence-corrected chi connectivity index (χ3v) is 3.76. The molecule has 0 fully saturated rings.